The SMILES string of the molecule is C[C@H]1CCCN(c2ccc(C(=O)N3CCC[C@@H](OCCO)C3)cc2[N+](=O)[O-])C1. The van der Waals surface area contributed by atoms with Gasteiger partial charge < -0.3 is 19.6 Å². The predicted octanol–water partition coefficient (Wildman–Crippen LogP) is 2.44. The van der Waals surface area contributed by atoms with Crippen LogP contribution in [0.3, 0.4) is 0 Å². The van der Waals surface area contributed by atoms with Gasteiger partial charge in [0.05, 0.1) is 24.2 Å². The summed E-state index contributed by atoms with van der Waals surface area (Å²) < 4.78 is 5.56. The molecule has 1 aromatic rings. The quantitative estimate of drug-likeness (QED) is 0.591. The van der Waals surface area contributed by atoms with Crippen LogP contribution in [0.25, 0.3) is 0 Å². The second-order valence-corrected chi connectivity index (χ2v) is 7.76. The summed E-state index contributed by atoms with van der Waals surface area (Å²) in [7, 11) is 0. The average Bonchev–Trinajstić information content (AvgIpc) is 2.71. The van der Waals surface area contributed by atoms with Crippen LogP contribution in [-0.2, 0) is 4.74 Å². The van der Waals surface area contributed by atoms with Crippen molar-refractivity contribution in [3.05, 3.63) is 33.9 Å². The van der Waals surface area contributed by atoms with Gasteiger partial charge in [-0.05, 0) is 43.7 Å². The summed E-state index contributed by atoms with van der Waals surface area (Å²) in [4.78, 5) is 27.9. The second-order valence-electron chi connectivity index (χ2n) is 7.76. The third-order valence-corrected chi connectivity index (χ3v) is 5.53. The van der Waals surface area contributed by atoms with Crippen LogP contribution in [0.15, 0.2) is 18.2 Å². The van der Waals surface area contributed by atoms with E-state index in [1.165, 1.54) is 6.07 Å². The lowest BCUT2D eigenvalue weighted by Crippen LogP contribution is -2.43. The minimum absolute atomic E-state index is 0.00922. The van der Waals surface area contributed by atoms with Crippen LogP contribution < -0.4 is 4.90 Å². The number of hydrogen-bond acceptors (Lipinski definition) is 6. The smallest absolute Gasteiger partial charge is 0.293 e. The van der Waals surface area contributed by atoms with Gasteiger partial charge in [-0.1, -0.05) is 6.92 Å². The van der Waals surface area contributed by atoms with Crippen molar-refractivity contribution < 1.29 is 19.6 Å². The fraction of sp³-hybridized carbons (Fsp3) is 0.650. The molecular formula is C20H29N3O5. The highest BCUT2D eigenvalue weighted by Gasteiger charge is 2.28. The molecule has 2 saturated heterocycles. The summed E-state index contributed by atoms with van der Waals surface area (Å²) in [6.45, 7) is 5.00. The van der Waals surface area contributed by atoms with Crippen molar-refractivity contribution in [3.8, 4) is 0 Å². The van der Waals surface area contributed by atoms with Gasteiger partial charge in [0, 0.05) is 37.8 Å². The normalized spacial score (nSPS) is 22.9. The van der Waals surface area contributed by atoms with Crippen LogP contribution in [-0.4, -0.2) is 66.3 Å². The Morgan fingerprint density at radius 3 is 2.79 bits per heavy atom. The standard InChI is InChI=1S/C20H29N3O5/c1-15-4-2-8-21(13-15)18-7-6-16(12-19(18)23(26)27)20(25)22-9-3-5-17(14-22)28-11-10-24/h6-7,12,15,17,24H,2-5,8-11,13-14H2,1H3/t15-,17+/m0/s1. The summed E-state index contributed by atoms with van der Waals surface area (Å²) in [5.41, 5.74) is 0.921. The van der Waals surface area contributed by atoms with Crippen LogP contribution in [0.4, 0.5) is 11.4 Å². The van der Waals surface area contributed by atoms with Gasteiger partial charge in [0.2, 0.25) is 0 Å². The highest BCUT2D eigenvalue weighted by molar-refractivity contribution is 5.96. The van der Waals surface area contributed by atoms with E-state index < -0.39 is 4.92 Å². The molecule has 0 aliphatic carbocycles. The molecule has 2 heterocycles. The molecular weight excluding hydrogens is 362 g/mol. The number of nitrogens with zero attached hydrogens (tertiary/aromatic N) is 3. The summed E-state index contributed by atoms with van der Waals surface area (Å²) in [6.07, 6.45) is 3.70. The van der Waals surface area contributed by atoms with Crippen molar-refractivity contribution in [3.63, 3.8) is 0 Å². The third-order valence-electron chi connectivity index (χ3n) is 5.53. The van der Waals surface area contributed by atoms with Crippen LogP contribution in [0.5, 0.6) is 0 Å². The first-order valence-electron chi connectivity index (χ1n) is 10.0. The number of carbonyl (C=O) groups is 1. The van der Waals surface area contributed by atoms with Crippen LogP contribution in [0.1, 0.15) is 43.0 Å². The van der Waals surface area contributed by atoms with Crippen LogP contribution >= 0.6 is 0 Å². The number of ether oxygens (including phenoxy) is 1. The fourth-order valence-corrected chi connectivity index (χ4v) is 4.14. The maximum atomic E-state index is 12.9. The molecule has 0 radical (unpaired) electrons. The zero-order valence-electron chi connectivity index (χ0n) is 16.4. The number of hydrogen-bond donors (Lipinski definition) is 1. The highest BCUT2D eigenvalue weighted by atomic mass is 16.6. The molecule has 0 saturated carbocycles. The predicted molar refractivity (Wildman–Crippen MR) is 106 cm³/mol. The number of likely N-dealkylation sites (tertiary alicyclic amines) is 1. The van der Waals surface area contributed by atoms with Crippen LogP contribution in [0.2, 0.25) is 0 Å². The van der Waals surface area contributed by atoms with Gasteiger partial charge in [0.15, 0.2) is 0 Å². The van der Waals surface area contributed by atoms with E-state index >= 15 is 0 Å². The Bertz CT molecular complexity index is 711. The molecule has 8 nitrogen and oxygen atoms in total. The van der Waals surface area contributed by atoms with Crippen molar-refractivity contribution in [1.29, 1.82) is 0 Å². The third kappa shape index (κ3) is 4.80. The fourth-order valence-electron chi connectivity index (χ4n) is 4.14. The van der Waals surface area contributed by atoms with Crippen molar-refractivity contribution >= 4 is 17.3 Å². The lowest BCUT2D eigenvalue weighted by atomic mass is 9.99. The number of benzene rings is 1. The van der Waals surface area contributed by atoms with Crippen molar-refractivity contribution in [2.45, 2.75) is 38.7 Å². The van der Waals surface area contributed by atoms with E-state index in [0.29, 0.717) is 30.3 Å². The molecule has 2 aliphatic rings. The second kappa shape index (κ2) is 9.34. The maximum Gasteiger partial charge on any atom is 0.293 e. The molecule has 2 aliphatic heterocycles. The van der Waals surface area contributed by atoms with E-state index in [0.717, 1.165) is 38.8 Å². The molecule has 0 unspecified atom stereocenters. The first-order chi connectivity index (χ1) is 13.5. The number of anilines is 1. The molecule has 154 valence electrons. The van der Waals surface area contributed by atoms with Gasteiger partial charge in [-0.25, -0.2) is 0 Å². The van der Waals surface area contributed by atoms with E-state index in [2.05, 4.69) is 11.8 Å². The summed E-state index contributed by atoms with van der Waals surface area (Å²) >= 11 is 0. The van der Waals surface area contributed by atoms with Gasteiger partial charge in [-0.2, -0.15) is 0 Å². The zero-order chi connectivity index (χ0) is 20.1. The summed E-state index contributed by atoms with van der Waals surface area (Å²) in [6, 6.07) is 4.82. The number of carbonyl (C=O) groups excluding carboxylic acids is 1. The summed E-state index contributed by atoms with van der Waals surface area (Å²) in [5.74, 6) is 0.290. The van der Waals surface area contributed by atoms with Gasteiger partial charge in [0.1, 0.15) is 5.69 Å². The Morgan fingerprint density at radius 1 is 1.29 bits per heavy atom. The molecule has 2 fully saturated rings. The molecule has 8 heteroatoms. The van der Waals surface area contributed by atoms with Crippen molar-refractivity contribution in [2.75, 3.05) is 44.3 Å². The molecule has 1 aromatic carbocycles. The molecule has 3 rings (SSSR count). The van der Waals surface area contributed by atoms with Gasteiger partial charge >= 0.3 is 0 Å². The Hall–Kier alpha value is -2.19. The Balaban J connectivity index is 1.77. The number of aliphatic hydroxyl groups excluding tert-OH is 1. The molecule has 28 heavy (non-hydrogen) atoms. The Kier molecular flexibility index (Phi) is 6.85. The highest BCUT2D eigenvalue weighted by Crippen LogP contribution is 2.33. The lowest BCUT2D eigenvalue weighted by Gasteiger charge is -2.33. The zero-order valence-corrected chi connectivity index (χ0v) is 16.4. The van der Waals surface area contributed by atoms with Crippen molar-refractivity contribution in [1.82, 2.24) is 4.90 Å². The number of aliphatic hydroxyl groups is 1. The Labute approximate surface area is 165 Å². The largest absolute Gasteiger partial charge is 0.394 e. The maximum absolute atomic E-state index is 12.9. The minimum Gasteiger partial charge on any atom is -0.394 e. The Morgan fingerprint density at radius 2 is 2.07 bits per heavy atom. The van der Waals surface area contributed by atoms with E-state index in [1.54, 1.807) is 17.0 Å². The summed E-state index contributed by atoms with van der Waals surface area (Å²) in [5, 5.41) is 20.6. The average molecular weight is 391 g/mol. The molecule has 2 atom stereocenters. The van der Waals surface area contributed by atoms with Crippen LogP contribution in [0, 0.1) is 16.0 Å². The number of nitro groups is 1. The van der Waals surface area contributed by atoms with Gasteiger partial charge in [-0.3, -0.25) is 14.9 Å². The monoisotopic (exact) mass is 391 g/mol. The van der Waals surface area contributed by atoms with E-state index in [1.807, 2.05) is 0 Å². The van der Waals surface area contributed by atoms with Gasteiger partial charge in [-0.15, -0.1) is 0 Å². The first-order valence-corrected chi connectivity index (χ1v) is 10.0. The first kappa shape index (κ1) is 20.5. The number of piperidine rings is 2. The molecule has 0 bridgehead atoms. The topological polar surface area (TPSA) is 96.2 Å². The number of amides is 1. The lowest BCUT2D eigenvalue weighted by molar-refractivity contribution is -0.384. The molecule has 1 N–H and O–H groups in total. The molecule has 0 spiro atoms. The van der Waals surface area contributed by atoms with E-state index in [4.69, 9.17) is 9.84 Å². The van der Waals surface area contributed by atoms with Gasteiger partial charge in [0.25, 0.3) is 11.6 Å². The van der Waals surface area contributed by atoms with E-state index in [9.17, 15) is 14.9 Å². The number of nitro benzene ring substituents is 1. The molecule has 0 aromatic heterocycles. The molecule has 1 amide bonds. The number of rotatable bonds is 6. The minimum atomic E-state index is -0.394. The van der Waals surface area contributed by atoms with E-state index in [-0.39, 0.29) is 30.9 Å². The van der Waals surface area contributed by atoms with Crippen molar-refractivity contribution in [2.24, 2.45) is 5.92 Å².